The Morgan fingerprint density at radius 1 is 0.545 bits per heavy atom. The maximum atomic E-state index is 9.88. The molecule has 3 unspecified atom stereocenters. The minimum Gasteiger partial charge on any atom is -0.396 e. The number of quaternary nitrogens is 1. The Morgan fingerprint density at radius 2 is 1.00 bits per heavy atom. The third-order valence-corrected chi connectivity index (χ3v) is 9.27. The molecule has 0 spiro atoms. The number of hydrogen-bond acceptors (Lipinski definition) is 5. The number of rotatable bonds is 37. The number of nitrogens with zero attached hydrogens (tertiary/aromatic N) is 1. The number of likely N-dealkylation sites (N-methyl/N-ethyl adjacent to an activating group) is 1. The Morgan fingerprint density at radius 3 is 1.43 bits per heavy atom. The van der Waals surface area contributed by atoms with Crippen molar-refractivity contribution in [3.63, 3.8) is 0 Å². The van der Waals surface area contributed by atoms with Crippen LogP contribution in [0.2, 0.25) is 0 Å². The SMILES string of the molecule is CCCCCCCCCCCCCCCCCCCCCC[N+](C)(CCOCCCCOCC(C)OC)CC(CO)COC. The van der Waals surface area contributed by atoms with Crippen LogP contribution in [0.5, 0.6) is 0 Å². The summed E-state index contributed by atoms with van der Waals surface area (Å²) in [5.74, 6) is 0.182. The molecule has 0 bridgehead atoms. The number of unbranched alkanes of at least 4 members (excludes halogenated alkanes) is 20. The van der Waals surface area contributed by atoms with Crippen molar-refractivity contribution in [1.82, 2.24) is 0 Å². The zero-order valence-corrected chi connectivity index (χ0v) is 30.6. The van der Waals surface area contributed by atoms with Crippen LogP contribution < -0.4 is 0 Å². The van der Waals surface area contributed by atoms with E-state index in [2.05, 4.69) is 14.0 Å². The molecule has 0 amide bonds. The predicted octanol–water partition coefficient (Wildman–Crippen LogP) is 9.36. The van der Waals surface area contributed by atoms with Gasteiger partial charge in [0.15, 0.2) is 0 Å². The Bertz CT molecular complexity index is 551. The van der Waals surface area contributed by atoms with E-state index in [1.165, 1.54) is 128 Å². The van der Waals surface area contributed by atoms with Crippen LogP contribution in [0.15, 0.2) is 0 Å². The van der Waals surface area contributed by atoms with E-state index in [0.717, 1.165) is 56.8 Å². The van der Waals surface area contributed by atoms with Gasteiger partial charge >= 0.3 is 0 Å². The molecule has 0 aromatic heterocycles. The van der Waals surface area contributed by atoms with Crippen molar-refractivity contribution in [2.24, 2.45) is 5.92 Å². The highest BCUT2D eigenvalue weighted by Crippen LogP contribution is 2.16. The molecule has 0 heterocycles. The largest absolute Gasteiger partial charge is 0.396 e. The van der Waals surface area contributed by atoms with Crippen LogP contribution in [0.25, 0.3) is 0 Å². The summed E-state index contributed by atoms with van der Waals surface area (Å²) in [6.07, 6.45) is 30.5. The smallest absolute Gasteiger partial charge is 0.102 e. The normalized spacial score (nSPS) is 14.6. The van der Waals surface area contributed by atoms with Gasteiger partial charge in [-0.05, 0) is 32.6 Å². The van der Waals surface area contributed by atoms with E-state index >= 15 is 0 Å². The van der Waals surface area contributed by atoms with Crippen molar-refractivity contribution in [2.45, 2.75) is 161 Å². The predicted molar refractivity (Wildman–Crippen MR) is 189 cm³/mol. The molecule has 6 heteroatoms. The Labute approximate surface area is 275 Å². The summed E-state index contributed by atoms with van der Waals surface area (Å²) < 4.78 is 23.2. The minimum absolute atomic E-state index is 0.154. The lowest BCUT2D eigenvalue weighted by Crippen LogP contribution is -2.51. The van der Waals surface area contributed by atoms with Gasteiger partial charge in [-0.3, -0.25) is 0 Å². The van der Waals surface area contributed by atoms with E-state index in [4.69, 9.17) is 18.9 Å². The lowest BCUT2D eigenvalue weighted by molar-refractivity contribution is -0.913. The number of hydrogen-bond donors (Lipinski definition) is 1. The molecule has 0 aromatic rings. The Balaban J connectivity index is 3.85. The Kier molecular flexibility index (Phi) is 33.9. The lowest BCUT2D eigenvalue weighted by atomic mass is 10.0. The molecular weight excluding hydrogens is 550 g/mol. The fourth-order valence-corrected chi connectivity index (χ4v) is 6.18. The van der Waals surface area contributed by atoms with Gasteiger partial charge in [0.1, 0.15) is 6.54 Å². The van der Waals surface area contributed by atoms with Gasteiger partial charge in [0, 0.05) is 27.4 Å². The van der Waals surface area contributed by atoms with E-state index in [1.807, 2.05) is 6.92 Å². The summed E-state index contributed by atoms with van der Waals surface area (Å²) in [5, 5.41) is 9.88. The molecule has 44 heavy (non-hydrogen) atoms. The average molecular weight is 631 g/mol. The topological polar surface area (TPSA) is 57.2 Å². The summed E-state index contributed by atoms with van der Waals surface area (Å²) >= 11 is 0. The molecule has 1 N–H and O–H groups in total. The van der Waals surface area contributed by atoms with Gasteiger partial charge in [-0.15, -0.1) is 0 Å². The number of ether oxygens (including phenoxy) is 4. The second kappa shape index (κ2) is 34.1. The zero-order valence-electron chi connectivity index (χ0n) is 30.6. The van der Waals surface area contributed by atoms with Gasteiger partial charge in [-0.25, -0.2) is 0 Å². The maximum Gasteiger partial charge on any atom is 0.102 e. The van der Waals surface area contributed by atoms with Crippen LogP contribution in [0, 0.1) is 5.92 Å². The third kappa shape index (κ3) is 30.4. The van der Waals surface area contributed by atoms with Crippen molar-refractivity contribution in [3.8, 4) is 0 Å². The van der Waals surface area contributed by atoms with Crippen LogP contribution in [0.3, 0.4) is 0 Å². The van der Waals surface area contributed by atoms with E-state index < -0.39 is 0 Å². The lowest BCUT2D eigenvalue weighted by Gasteiger charge is -2.37. The van der Waals surface area contributed by atoms with Gasteiger partial charge in [0.05, 0.1) is 58.6 Å². The standard InChI is InChI=1S/C38H80NO5/c1-6-7-8-9-10-11-12-13-14-15-16-17-18-19-20-21-22-23-24-25-28-39(3,33-38(34-40)36-41-4)29-32-43-30-26-27-31-44-35-37(2)42-5/h37-38,40H,6-36H2,1-5H3/q+1. The summed E-state index contributed by atoms with van der Waals surface area (Å²) in [4.78, 5) is 0. The first kappa shape index (κ1) is 43.8. The van der Waals surface area contributed by atoms with Gasteiger partial charge in [0.2, 0.25) is 0 Å². The van der Waals surface area contributed by atoms with Crippen LogP contribution in [-0.2, 0) is 18.9 Å². The minimum atomic E-state index is 0.154. The average Bonchev–Trinajstić information content (AvgIpc) is 3.02. The van der Waals surface area contributed by atoms with Crippen molar-refractivity contribution >= 4 is 0 Å². The van der Waals surface area contributed by atoms with Crippen LogP contribution in [0.4, 0.5) is 0 Å². The maximum absolute atomic E-state index is 9.88. The van der Waals surface area contributed by atoms with Gasteiger partial charge in [0.25, 0.3) is 0 Å². The molecule has 0 radical (unpaired) electrons. The highest BCUT2D eigenvalue weighted by atomic mass is 16.5. The zero-order chi connectivity index (χ0) is 32.4. The quantitative estimate of drug-likeness (QED) is 0.0548. The van der Waals surface area contributed by atoms with Crippen molar-refractivity contribution in [3.05, 3.63) is 0 Å². The molecule has 266 valence electrons. The fraction of sp³-hybridized carbons (Fsp3) is 1.00. The highest BCUT2D eigenvalue weighted by Gasteiger charge is 2.26. The molecule has 0 saturated carbocycles. The number of methoxy groups -OCH3 is 2. The summed E-state index contributed by atoms with van der Waals surface area (Å²) in [6.45, 7) is 11.2. The first-order valence-electron chi connectivity index (χ1n) is 19.1. The molecule has 0 rings (SSSR count). The second-order valence-electron chi connectivity index (χ2n) is 13.9. The Hall–Kier alpha value is -0.240. The molecule has 0 aliphatic carbocycles. The summed E-state index contributed by atoms with van der Waals surface area (Å²) in [5.41, 5.74) is 0. The highest BCUT2D eigenvalue weighted by molar-refractivity contribution is 4.58. The molecule has 3 atom stereocenters. The first-order chi connectivity index (χ1) is 21.5. The van der Waals surface area contributed by atoms with Crippen LogP contribution in [-0.4, -0.2) is 96.2 Å². The molecule has 0 aliphatic heterocycles. The number of aliphatic hydroxyl groups excluding tert-OH is 1. The molecule has 0 fully saturated rings. The molecular formula is C38H80NO5+. The van der Waals surface area contributed by atoms with Crippen LogP contribution >= 0.6 is 0 Å². The van der Waals surface area contributed by atoms with E-state index in [0.29, 0.717) is 13.2 Å². The molecule has 0 aliphatic rings. The van der Waals surface area contributed by atoms with Crippen molar-refractivity contribution < 1.29 is 28.5 Å². The monoisotopic (exact) mass is 631 g/mol. The fourth-order valence-electron chi connectivity index (χ4n) is 6.18. The second-order valence-corrected chi connectivity index (χ2v) is 13.9. The van der Waals surface area contributed by atoms with Gasteiger partial charge in [-0.1, -0.05) is 122 Å². The summed E-state index contributed by atoms with van der Waals surface area (Å²) in [6, 6.07) is 0. The number of aliphatic hydroxyl groups is 1. The van der Waals surface area contributed by atoms with Crippen LogP contribution in [0.1, 0.15) is 155 Å². The molecule has 6 nitrogen and oxygen atoms in total. The van der Waals surface area contributed by atoms with E-state index in [1.54, 1.807) is 14.2 Å². The van der Waals surface area contributed by atoms with Gasteiger partial charge < -0.3 is 28.5 Å². The molecule has 0 aromatic carbocycles. The third-order valence-electron chi connectivity index (χ3n) is 9.27. The first-order valence-corrected chi connectivity index (χ1v) is 19.1. The van der Waals surface area contributed by atoms with E-state index in [-0.39, 0.29) is 18.6 Å². The van der Waals surface area contributed by atoms with Crippen molar-refractivity contribution in [2.75, 3.05) is 80.5 Å². The van der Waals surface area contributed by atoms with E-state index in [9.17, 15) is 5.11 Å². The molecule has 0 saturated heterocycles. The van der Waals surface area contributed by atoms with Gasteiger partial charge in [-0.2, -0.15) is 0 Å². The summed E-state index contributed by atoms with van der Waals surface area (Å²) in [7, 11) is 5.78. The van der Waals surface area contributed by atoms with Crippen molar-refractivity contribution in [1.29, 1.82) is 0 Å².